The van der Waals surface area contributed by atoms with E-state index in [-0.39, 0.29) is 0 Å². The Kier molecular flexibility index (Phi) is 2.43. The molecule has 80 valence electrons. The van der Waals surface area contributed by atoms with E-state index < -0.39 is 10.0 Å². The second kappa shape index (κ2) is 3.49. The van der Waals surface area contributed by atoms with Crippen molar-refractivity contribution in [1.29, 1.82) is 0 Å². The van der Waals surface area contributed by atoms with E-state index in [2.05, 4.69) is 25.6 Å². The van der Waals surface area contributed by atoms with Crippen LogP contribution in [0.3, 0.4) is 0 Å². The Morgan fingerprint density at radius 1 is 1.47 bits per heavy atom. The van der Waals surface area contributed by atoms with Crippen LogP contribution >= 0.6 is 15.9 Å². The van der Waals surface area contributed by atoms with Gasteiger partial charge in [0.15, 0.2) is 0 Å². The maximum absolute atomic E-state index is 11.0. The molecule has 0 fully saturated rings. The highest BCUT2D eigenvalue weighted by molar-refractivity contribution is 9.10. The topological polar surface area (TPSA) is 63.5 Å². The lowest BCUT2D eigenvalue weighted by Crippen LogP contribution is -2.09. The van der Waals surface area contributed by atoms with Crippen LogP contribution in [0.5, 0.6) is 0 Å². The standard InChI is InChI=1S/C8H8BrN3O2S/c1-15(13,14)11-6-2-3-8-10-4-7(9)12(8)5-6/h2-5,11H,1H3. The van der Waals surface area contributed by atoms with E-state index in [0.717, 1.165) is 16.5 Å². The van der Waals surface area contributed by atoms with Crippen molar-refractivity contribution in [3.8, 4) is 0 Å². The van der Waals surface area contributed by atoms with Crippen molar-refractivity contribution >= 4 is 37.3 Å². The molecule has 0 aliphatic carbocycles. The van der Waals surface area contributed by atoms with Crippen molar-refractivity contribution < 1.29 is 8.42 Å². The highest BCUT2D eigenvalue weighted by atomic mass is 79.9. The predicted molar refractivity (Wildman–Crippen MR) is 61.4 cm³/mol. The van der Waals surface area contributed by atoms with Gasteiger partial charge in [0.1, 0.15) is 10.3 Å². The zero-order chi connectivity index (χ0) is 11.1. The normalized spacial score (nSPS) is 11.9. The average molecular weight is 290 g/mol. The minimum Gasteiger partial charge on any atom is -0.292 e. The molecule has 0 radical (unpaired) electrons. The van der Waals surface area contributed by atoms with Gasteiger partial charge in [0.2, 0.25) is 10.0 Å². The number of anilines is 1. The number of halogens is 1. The number of fused-ring (bicyclic) bond motifs is 1. The van der Waals surface area contributed by atoms with Crippen LogP contribution in [0, 0.1) is 0 Å². The van der Waals surface area contributed by atoms with Crippen molar-refractivity contribution in [3.63, 3.8) is 0 Å². The summed E-state index contributed by atoms with van der Waals surface area (Å²) in [5.74, 6) is 0. The molecule has 0 aliphatic heterocycles. The molecule has 0 saturated heterocycles. The van der Waals surface area contributed by atoms with Gasteiger partial charge in [-0.15, -0.1) is 0 Å². The van der Waals surface area contributed by atoms with Crippen molar-refractivity contribution in [2.24, 2.45) is 0 Å². The molecule has 0 atom stereocenters. The first-order valence-electron chi connectivity index (χ1n) is 4.06. The fourth-order valence-corrected chi connectivity index (χ4v) is 2.16. The van der Waals surface area contributed by atoms with Gasteiger partial charge >= 0.3 is 0 Å². The largest absolute Gasteiger partial charge is 0.292 e. The predicted octanol–water partition coefficient (Wildman–Crippen LogP) is 1.47. The summed E-state index contributed by atoms with van der Waals surface area (Å²) in [4.78, 5) is 4.09. The summed E-state index contributed by atoms with van der Waals surface area (Å²) in [7, 11) is -3.24. The van der Waals surface area contributed by atoms with Crippen LogP contribution in [0.25, 0.3) is 5.65 Å². The maximum atomic E-state index is 11.0. The molecule has 0 bridgehead atoms. The third-order valence-electron chi connectivity index (χ3n) is 1.76. The zero-order valence-corrected chi connectivity index (χ0v) is 10.2. The Bertz CT molecular complexity index is 605. The molecule has 0 saturated carbocycles. The Labute approximate surface area is 95.3 Å². The number of aromatic nitrogens is 2. The number of nitrogens with zero attached hydrogens (tertiary/aromatic N) is 2. The van der Waals surface area contributed by atoms with E-state index in [4.69, 9.17) is 0 Å². The third kappa shape index (κ3) is 2.29. The zero-order valence-electron chi connectivity index (χ0n) is 7.81. The highest BCUT2D eigenvalue weighted by Gasteiger charge is 2.04. The molecule has 0 spiro atoms. The van der Waals surface area contributed by atoms with Crippen molar-refractivity contribution in [3.05, 3.63) is 29.1 Å². The number of nitrogens with one attached hydrogen (secondary N) is 1. The van der Waals surface area contributed by atoms with E-state index in [1.165, 1.54) is 0 Å². The first-order valence-corrected chi connectivity index (χ1v) is 6.74. The van der Waals surface area contributed by atoms with Crippen LogP contribution in [0.4, 0.5) is 5.69 Å². The summed E-state index contributed by atoms with van der Waals surface area (Å²) in [6.07, 6.45) is 4.42. The van der Waals surface area contributed by atoms with Gasteiger partial charge < -0.3 is 0 Å². The molecule has 2 aromatic heterocycles. The van der Waals surface area contributed by atoms with Gasteiger partial charge in [-0.25, -0.2) is 13.4 Å². The maximum Gasteiger partial charge on any atom is 0.229 e. The molecule has 2 rings (SSSR count). The Morgan fingerprint density at radius 3 is 2.87 bits per heavy atom. The van der Waals surface area contributed by atoms with Gasteiger partial charge in [-0.2, -0.15) is 0 Å². The van der Waals surface area contributed by atoms with Crippen LogP contribution in [0.1, 0.15) is 0 Å². The Morgan fingerprint density at radius 2 is 2.20 bits per heavy atom. The second-order valence-electron chi connectivity index (χ2n) is 3.10. The molecule has 2 aromatic rings. The summed E-state index contributed by atoms with van der Waals surface area (Å²) < 4.78 is 26.9. The van der Waals surface area contributed by atoms with Gasteiger partial charge in [0, 0.05) is 6.20 Å². The summed E-state index contributed by atoms with van der Waals surface area (Å²) in [6, 6.07) is 3.40. The van der Waals surface area contributed by atoms with Gasteiger partial charge in [-0.05, 0) is 28.1 Å². The quantitative estimate of drug-likeness (QED) is 0.911. The van der Waals surface area contributed by atoms with E-state index in [1.54, 1.807) is 28.9 Å². The van der Waals surface area contributed by atoms with Crippen molar-refractivity contribution in [2.45, 2.75) is 0 Å². The number of hydrogen-bond donors (Lipinski definition) is 1. The summed E-state index contributed by atoms with van der Waals surface area (Å²) in [5, 5.41) is 0. The van der Waals surface area contributed by atoms with Gasteiger partial charge in [-0.3, -0.25) is 9.12 Å². The number of pyridine rings is 1. The number of sulfonamides is 1. The summed E-state index contributed by atoms with van der Waals surface area (Å²) >= 11 is 3.30. The molecular weight excluding hydrogens is 282 g/mol. The lowest BCUT2D eigenvalue weighted by Gasteiger charge is -2.04. The first kappa shape index (κ1) is 10.4. The SMILES string of the molecule is CS(=O)(=O)Nc1ccc2ncc(Br)n2c1. The van der Waals surface area contributed by atoms with Gasteiger partial charge in [0.05, 0.1) is 18.1 Å². The first-order chi connectivity index (χ1) is 6.96. The molecule has 5 nitrogen and oxygen atoms in total. The van der Waals surface area contributed by atoms with Crippen LogP contribution in [-0.2, 0) is 10.0 Å². The minimum absolute atomic E-state index is 0.503. The summed E-state index contributed by atoms with van der Waals surface area (Å²) in [5.41, 5.74) is 1.25. The molecular formula is C8H8BrN3O2S. The molecule has 0 aliphatic rings. The molecule has 1 N–H and O–H groups in total. The van der Waals surface area contributed by atoms with E-state index >= 15 is 0 Å². The van der Waals surface area contributed by atoms with E-state index in [1.807, 2.05) is 0 Å². The van der Waals surface area contributed by atoms with Crippen molar-refractivity contribution in [2.75, 3.05) is 11.0 Å². The highest BCUT2D eigenvalue weighted by Crippen LogP contribution is 2.16. The monoisotopic (exact) mass is 289 g/mol. The fourth-order valence-electron chi connectivity index (χ4n) is 1.23. The van der Waals surface area contributed by atoms with Crippen molar-refractivity contribution in [1.82, 2.24) is 9.38 Å². The van der Waals surface area contributed by atoms with Gasteiger partial charge in [-0.1, -0.05) is 0 Å². The molecule has 7 heteroatoms. The lowest BCUT2D eigenvalue weighted by atomic mass is 10.4. The van der Waals surface area contributed by atoms with E-state index in [0.29, 0.717) is 5.69 Å². The second-order valence-corrected chi connectivity index (χ2v) is 5.66. The van der Waals surface area contributed by atoms with Crippen LogP contribution in [0.15, 0.2) is 29.1 Å². The lowest BCUT2D eigenvalue weighted by molar-refractivity contribution is 0.607. The molecule has 15 heavy (non-hydrogen) atoms. The number of hydrogen-bond acceptors (Lipinski definition) is 3. The van der Waals surface area contributed by atoms with Crippen LogP contribution in [0.2, 0.25) is 0 Å². The average Bonchev–Trinajstić information content (AvgIpc) is 2.45. The smallest absolute Gasteiger partial charge is 0.229 e. The Balaban J connectivity index is 2.51. The minimum atomic E-state index is -3.24. The third-order valence-corrected chi connectivity index (χ3v) is 2.96. The summed E-state index contributed by atoms with van der Waals surface area (Å²) in [6.45, 7) is 0. The molecule has 0 unspecified atom stereocenters. The molecule has 0 aromatic carbocycles. The molecule has 0 amide bonds. The molecule has 2 heterocycles. The number of imidazole rings is 1. The fraction of sp³-hybridized carbons (Fsp3) is 0.125. The Hall–Kier alpha value is -1.08. The number of rotatable bonds is 2. The van der Waals surface area contributed by atoms with Crippen LogP contribution < -0.4 is 4.72 Å². The van der Waals surface area contributed by atoms with Gasteiger partial charge in [0.25, 0.3) is 0 Å². The van der Waals surface area contributed by atoms with E-state index in [9.17, 15) is 8.42 Å². The van der Waals surface area contributed by atoms with Crippen LogP contribution in [-0.4, -0.2) is 24.1 Å².